The van der Waals surface area contributed by atoms with Crippen LogP contribution in [0.5, 0.6) is 0 Å². The van der Waals surface area contributed by atoms with Crippen molar-refractivity contribution in [3.63, 3.8) is 0 Å². The topological polar surface area (TPSA) is 131 Å². The van der Waals surface area contributed by atoms with Crippen molar-refractivity contribution in [2.75, 3.05) is 0 Å². The minimum absolute atomic E-state index is 0.00546. The number of benzene rings is 1. The van der Waals surface area contributed by atoms with E-state index < -0.39 is 41.0 Å². The first-order valence-electron chi connectivity index (χ1n) is 12.1. The number of hydrogen-bond donors (Lipinski definition) is 3. The first-order chi connectivity index (χ1) is 17.6. The number of rotatable bonds is 3. The Labute approximate surface area is 214 Å². The van der Waals surface area contributed by atoms with Gasteiger partial charge in [0.2, 0.25) is 5.91 Å². The molecular formula is C26H23ClFN3O6. The van der Waals surface area contributed by atoms with Gasteiger partial charge in [0.1, 0.15) is 18.5 Å². The highest BCUT2D eigenvalue weighted by atomic mass is 35.5. The molecule has 2 unspecified atom stereocenters. The van der Waals surface area contributed by atoms with Crippen LogP contribution in [0.15, 0.2) is 16.9 Å². The number of aliphatic hydroxyl groups is 2. The molecule has 3 atom stereocenters. The largest absolute Gasteiger partial charge is 0.458 e. The number of aryl methyl sites for hydroxylation is 1. The van der Waals surface area contributed by atoms with Gasteiger partial charge in [-0.05, 0) is 43.4 Å². The van der Waals surface area contributed by atoms with E-state index in [-0.39, 0.29) is 35.7 Å². The Balaban J connectivity index is 1.65. The van der Waals surface area contributed by atoms with E-state index in [9.17, 15) is 29.0 Å². The number of cyclic esters (lactones) is 1. The van der Waals surface area contributed by atoms with E-state index in [1.165, 1.54) is 17.6 Å². The number of pyridine rings is 2. The molecule has 11 heteroatoms. The third-order valence-electron chi connectivity index (χ3n) is 7.74. The Kier molecular flexibility index (Phi) is 5.24. The highest BCUT2D eigenvalue weighted by Crippen LogP contribution is 2.46. The molecule has 2 aliphatic heterocycles. The molecule has 6 rings (SSSR count). The van der Waals surface area contributed by atoms with Crippen molar-refractivity contribution in [1.82, 2.24) is 14.9 Å². The average molecular weight is 528 g/mol. The zero-order valence-electron chi connectivity index (χ0n) is 20.0. The second-order valence-electron chi connectivity index (χ2n) is 9.78. The lowest BCUT2D eigenvalue weighted by atomic mass is 9.83. The molecule has 0 fully saturated rings. The summed E-state index contributed by atoms with van der Waals surface area (Å²) in [4.78, 5) is 43.2. The first-order valence-corrected chi connectivity index (χ1v) is 12.4. The van der Waals surface area contributed by atoms with Crippen LogP contribution >= 0.6 is 11.6 Å². The Morgan fingerprint density at radius 2 is 2.11 bits per heavy atom. The van der Waals surface area contributed by atoms with Crippen molar-refractivity contribution in [3.8, 4) is 11.4 Å². The van der Waals surface area contributed by atoms with Gasteiger partial charge in [0, 0.05) is 22.6 Å². The number of esters is 1. The van der Waals surface area contributed by atoms with Crippen LogP contribution in [-0.2, 0) is 39.5 Å². The predicted octanol–water partition coefficient (Wildman–Crippen LogP) is 2.36. The van der Waals surface area contributed by atoms with Gasteiger partial charge < -0.3 is 24.8 Å². The Morgan fingerprint density at radius 3 is 2.81 bits per heavy atom. The minimum Gasteiger partial charge on any atom is -0.458 e. The fourth-order valence-corrected chi connectivity index (χ4v) is 6.03. The summed E-state index contributed by atoms with van der Waals surface area (Å²) in [5, 5.41) is 24.4. The number of hydrogen-bond acceptors (Lipinski definition) is 7. The van der Waals surface area contributed by atoms with Crippen LogP contribution in [0.3, 0.4) is 0 Å². The standard InChI is InChI=1S/C26H23ClFN3O6/c1-3-26(36)14-6-18-22-12(8-31(18)24(34)13(14)9-37-25(26)35)20-16(30-23(33)10(2)32)5-4-11-19(20)17(29-22)7-15(28)21(11)27/h6-7,10,16,32,36H,3-5,8-9H2,1-2H3,(H,30,33)/t10?,16?,26-/m0/s1. The van der Waals surface area contributed by atoms with Crippen molar-refractivity contribution < 1.29 is 28.9 Å². The molecule has 9 nitrogen and oxygen atoms in total. The monoisotopic (exact) mass is 527 g/mol. The number of carbonyl (C=O) groups excluding carboxylic acids is 2. The number of amides is 1. The van der Waals surface area contributed by atoms with Gasteiger partial charge in [0.25, 0.3) is 5.56 Å². The zero-order chi connectivity index (χ0) is 26.4. The Morgan fingerprint density at radius 1 is 1.35 bits per heavy atom. The average Bonchev–Trinajstić information content (AvgIpc) is 3.24. The van der Waals surface area contributed by atoms with Crippen molar-refractivity contribution in [2.45, 2.75) is 64.0 Å². The van der Waals surface area contributed by atoms with Gasteiger partial charge in [-0.2, -0.15) is 0 Å². The molecule has 1 aromatic carbocycles. The molecule has 0 bridgehead atoms. The summed E-state index contributed by atoms with van der Waals surface area (Å²) in [6.07, 6.45) is -0.444. The highest BCUT2D eigenvalue weighted by molar-refractivity contribution is 6.32. The number of aromatic nitrogens is 2. The van der Waals surface area contributed by atoms with Crippen LogP contribution in [-0.4, -0.2) is 37.7 Å². The normalized spacial score (nSPS) is 22.2. The molecule has 37 heavy (non-hydrogen) atoms. The van der Waals surface area contributed by atoms with Crippen LogP contribution in [0.2, 0.25) is 5.02 Å². The molecule has 4 heterocycles. The molecule has 0 spiro atoms. The van der Waals surface area contributed by atoms with Crippen molar-refractivity contribution in [1.29, 1.82) is 0 Å². The van der Waals surface area contributed by atoms with E-state index in [2.05, 4.69) is 5.32 Å². The van der Waals surface area contributed by atoms with E-state index in [0.29, 0.717) is 51.8 Å². The lowest BCUT2D eigenvalue weighted by Gasteiger charge is -2.31. The molecule has 0 saturated carbocycles. The molecule has 2 aromatic heterocycles. The molecule has 192 valence electrons. The van der Waals surface area contributed by atoms with Gasteiger partial charge in [-0.25, -0.2) is 14.2 Å². The van der Waals surface area contributed by atoms with Crippen molar-refractivity contribution in [3.05, 3.63) is 61.1 Å². The maximum atomic E-state index is 14.8. The predicted molar refractivity (Wildman–Crippen MR) is 130 cm³/mol. The molecule has 0 saturated heterocycles. The van der Waals surface area contributed by atoms with Gasteiger partial charge in [-0.3, -0.25) is 9.59 Å². The second-order valence-corrected chi connectivity index (χ2v) is 10.2. The summed E-state index contributed by atoms with van der Waals surface area (Å²) >= 11 is 6.34. The van der Waals surface area contributed by atoms with E-state index in [1.807, 2.05) is 0 Å². The molecule has 3 aromatic rings. The number of nitrogens with zero attached hydrogens (tertiary/aromatic N) is 2. The summed E-state index contributed by atoms with van der Waals surface area (Å²) in [5.74, 6) is -2.01. The summed E-state index contributed by atoms with van der Waals surface area (Å²) < 4.78 is 21.4. The molecular weight excluding hydrogens is 505 g/mol. The number of nitrogens with one attached hydrogen (secondary N) is 1. The Hall–Kier alpha value is -3.34. The third kappa shape index (κ3) is 3.22. The number of ether oxygens (including phenoxy) is 1. The SMILES string of the molecule is CC[C@@]1(O)C(=O)OCc2c1cc1n(c2=O)Cc2c-1nc1cc(F)c(Cl)c3c1c2C(NC(=O)C(C)O)CC3. The number of aliphatic hydroxyl groups excluding tert-OH is 1. The van der Waals surface area contributed by atoms with Crippen LogP contribution in [0.4, 0.5) is 4.39 Å². The van der Waals surface area contributed by atoms with Gasteiger partial charge >= 0.3 is 5.97 Å². The number of fused-ring (bicyclic) bond motifs is 5. The molecule has 0 radical (unpaired) electrons. The van der Waals surface area contributed by atoms with Crippen LogP contribution < -0.4 is 10.9 Å². The van der Waals surface area contributed by atoms with E-state index in [4.69, 9.17) is 21.3 Å². The van der Waals surface area contributed by atoms with Crippen molar-refractivity contribution in [2.24, 2.45) is 0 Å². The molecule has 3 aliphatic rings. The first kappa shape index (κ1) is 24.0. The lowest BCUT2D eigenvalue weighted by Crippen LogP contribution is -2.44. The summed E-state index contributed by atoms with van der Waals surface area (Å²) in [6, 6.07) is 2.27. The fourth-order valence-electron chi connectivity index (χ4n) is 5.79. The van der Waals surface area contributed by atoms with E-state index >= 15 is 0 Å². The maximum Gasteiger partial charge on any atom is 0.343 e. The number of carbonyl (C=O) groups is 2. The third-order valence-corrected chi connectivity index (χ3v) is 8.15. The Bertz CT molecular complexity index is 1620. The summed E-state index contributed by atoms with van der Waals surface area (Å²) in [5.41, 5.74) is 0.932. The summed E-state index contributed by atoms with van der Waals surface area (Å²) in [7, 11) is 0. The van der Waals surface area contributed by atoms with Gasteiger partial charge in [-0.1, -0.05) is 18.5 Å². The smallest absolute Gasteiger partial charge is 0.343 e. The minimum atomic E-state index is -1.98. The van der Waals surface area contributed by atoms with Crippen molar-refractivity contribution >= 4 is 34.4 Å². The quantitative estimate of drug-likeness (QED) is 0.349. The fraction of sp³-hybridized carbons (Fsp3) is 0.385. The van der Waals surface area contributed by atoms with Crippen LogP contribution in [0.1, 0.15) is 60.5 Å². The molecule has 1 amide bonds. The maximum absolute atomic E-state index is 14.8. The molecule has 3 N–H and O–H groups in total. The second kappa shape index (κ2) is 8.08. The molecule has 1 aliphatic carbocycles. The zero-order valence-corrected chi connectivity index (χ0v) is 20.8. The highest BCUT2D eigenvalue weighted by Gasteiger charge is 2.46. The van der Waals surface area contributed by atoms with Crippen LogP contribution in [0, 0.1) is 5.82 Å². The van der Waals surface area contributed by atoms with E-state index in [0.717, 1.165) is 0 Å². The van der Waals surface area contributed by atoms with Crippen LogP contribution in [0.25, 0.3) is 22.3 Å². The van der Waals surface area contributed by atoms with Gasteiger partial charge in [-0.15, -0.1) is 0 Å². The van der Waals surface area contributed by atoms with Gasteiger partial charge in [0.05, 0.1) is 40.1 Å². The lowest BCUT2D eigenvalue weighted by molar-refractivity contribution is -0.172. The summed E-state index contributed by atoms with van der Waals surface area (Å²) in [6.45, 7) is 2.84. The van der Waals surface area contributed by atoms with E-state index in [1.54, 1.807) is 13.0 Å². The van der Waals surface area contributed by atoms with Gasteiger partial charge in [0.15, 0.2) is 5.60 Å². The number of halogens is 2.